The molecular weight excluding hydrogens is 296 g/mol. The van der Waals surface area contributed by atoms with Crippen molar-refractivity contribution >= 4 is 5.91 Å². The Labute approximate surface area is 145 Å². The lowest BCUT2D eigenvalue weighted by Crippen LogP contribution is -2.60. The standard InChI is InChI=1S/C21H30N2O/c1-15(17-7-5-6-8-22-17)23(4)18(24)21-11-16-9-19(2,13-21)12-20(3,10-16)14-21/h5-8,15-16H,9-14H2,1-4H3/t15-,16?,19-,20+,21?/m0/s1. The topological polar surface area (TPSA) is 33.2 Å². The van der Waals surface area contributed by atoms with Gasteiger partial charge in [0.05, 0.1) is 17.2 Å². The van der Waals surface area contributed by atoms with E-state index in [1.54, 1.807) is 0 Å². The molecule has 5 rings (SSSR count). The van der Waals surface area contributed by atoms with Gasteiger partial charge in [-0.2, -0.15) is 0 Å². The Morgan fingerprint density at radius 1 is 1.17 bits per heavy atom. The highest BCUT2D eigenvalue weighted by atomic mass is 16.2. The molecule has 5 atom stereocenters. The lowest BCUT2D eigenvalue weighted by atomic mass is 9.40. The normalized spacial score (nSPS) is 41.2. The summed E-state index contributed by atoms with van der Waals surface area (Å²) in [5, 5.41) is 0. The molecule has 1 aromatic heterocycles. The SMILES string of the molecule is C[C@@H](c1ccccn1)N(C)C(=O)C12CC3C[C@@](C)(C1)C[C@](C)(C3)C2. The number of pyridine rings is 1. The van der Waals surface area contributed by atoms with Gasteiger partial charge in [0.1, 0.15) is 0 Å². The summed E-state index contributed by atoms with van der Waals surface area (Å²) in [4.78, 5) is 20.0. The zero-order valence-electron chi connectivity index (χ0n) is 15.5. The van der Waals surface area contributed by atoms with Crippen LogP contribution in [-0.4, -0.2) is 22.8 Å². The lowest BCUT2D eigenvalue weighted by molar-refractivity contribution is -0.180. The molecule has 3 nitrogen and oxygen atoms in total. The predicted molar refractivity (Wildman–Crippen MR) is 95.3 cm³/mol. The van der Waals surface area contributed by atoms with Crippen LogP contribution < -0.4 is 0 Å². The Morgan fingerprint density at radius 3 is 2.38 bits per heavy atom. The van der Waals surface area contributed by atoms with E-state index in [0.29, 0.717) is 16.7 Å². The van der Waals surface area contributed by atoms with Gasteiger partial charge in [0, 0.05) is 13.2 Å². The van der Waals surface area contributed by atoms with Gasteiger partial charge in [-0.3, -0.25) is 9.78 Å². The van der Waals surface area contributed by atoms with Gasteiger partial charge in [-0.1, -0.05) is 19.9 Å². The van der Waals surface area contributed by atoms with Crippen molar-refractivity contribution in [3.05, 3.63) is 30.1 Å². The number of carbonyl (C=O) groups is 1. The summed E-state index contributed by atoms with van der Waals surface area (Å²) in [6.45, 7) is 6.96. The number of carbonyl (C=O) groups excluding carboxylic acids is 1. The van der Waals surface area contributed by atoms with Crippen molar-refractivity contribution in [2.45, 2.75) is 65.3 Å². The van der Waals surface area contributed by atoms with Gasteiger partial charge in [0.2, 0.25) is 5.91 Å². The quantitative estimate of drug-likeness (QED) is 0.813. The highest BCUT2D eigenvalue weighted by Gasteiger charge is 2.63. The van der Waals surface area contributed by atoms with E-state index >= 15 is 0 Å². The first-order chi connectivity index (χ1) is 11.2. The molecule has 4 aliphatic carbocycles. The smallest absolute Gasteiger partial charge is 0.229 e. The van der Waals surface area contributed by atoms with E-state index in [9.17, 15) is 4.79 Å². The van der Waals surface area contributed by atoms with Crippen LogP contribution in [0.5, 0.6) is 0 Å². The second-order valence-electron chi connectivity index (χ2n) is 9.76. The zero-order valence-corrected chi connectivity index (χ0v) is 15.5. The third-order valence-corrected chi connectivity index (χ3v) is 7.10. The second kappa shape index (κ2) is 5.06. The van der Waals surface area contributed by atoms with Crippen LogP contribution in [0.25, 0.3) is 0 Å². The van der Waals surface area contributed by atoms with E-state index in [1.165, 1.54) is 19.3 Å². The number of nitrogens with zero attached hydrogens (tertiary/aromatic N) is 2. The molecule has 2 unspecified atom stereocenters. The molecule has 3 heteroatoms. The average molecular weight is 326 g/mol. The minimum atomic E-state index is -0.124. The number of hydrogen-bond acceptors (Lipinski definition) is 2. The van der Waals surface area contributed by atoms with Crippen LogP contribution in [0, 0.1) is 22.2 Å². The number of aromatic nitrogens is 1. The molecule has 24 heavy (non-hydrogen) atoms. The molecule has 0 radical (unpaired) electrons. The maximum absolute atomic E-state index is 13.6. The molecule has 4 fully saturated rings. The zero-order chi connectivity index (χ0) is 17.2. The van der Waals surface area contributed by atoms with Crippen LogP contribution in [0.1, 0.15) is 71.0 Å². The third kappa shape index (κ3) is 2.39. The fraction of sp³-hybridized carbons (Fsp3) is 0.714. The van der Waals surface area contributed by atoms with Crippen LogP contribution in [0.3, 0.4) is 0 Å². The summed E-state index contributed by atoms with van der Waals surface area (Å²) in [6, 6.07) is 5.99. The van der Waals surface area contributed by atoms with E-state index in [4.69, 9.17) is 0 Å². The summed E-state index contributed by atoms with van der Waals surface area (Å²) in [6.07, 6.45) is 9.07. The summed E-state index contributed by atoms with van der Waals surface area (Å²) < 4.78 is 0. The molecule has 0 aromatic carbocycles. The fourth-order valence-corrected chi connectivity index (χ4v) is 7.06. The summed E-state index contributed by atoms with van der Waals surface area (Å²) in [5.41, 5.74) is 1.61. The van der Waals surface area contributed by atoms with Crippen molar-refractivity contribution in [2.75, 3.05) is 7.05 Å². The van der Waals surface area contributed by atoms with E-state index in [1.807, 2.05) is 36.3 Å². The maximum Gasteiger partial charge on any atom is 0.229 e. The first kappa shape index (κ1) is 16.1. The Balaban J connectivity index is 1.62. The fourth-order valence-electron chi connectivity index (χ4n) is 7.06. The molecular formula is C21H30N2O. The Hall–Kier alpha value is -1.38. The lowest BCUT2D eigenvalue weighted by Gasteiger charge is -2.65. The minimum absolute atomic E-state index is 0.0346. The van der Waals surface area contributed by atoms with E-state index < -0.39 is 0 Å². The Bertz CT molecular complexity index is 637. The van der Waals surface area contributed by atoms with Crippen LogP contribution in [0.15, 0.2) is 24.4 Å². The summed E-state index contributed by atoms with van der Waals surface area (Å²) in [5.74, 6) is 1.11. The number of rotatable bonds is 3. The first-order valence-electron chi connectivity index (χ1n) is 9.43. The van der Waals surface area contributed by atoms with Gasteiger partial charge < -0.3 is 4.90 Å². The van der Waals surface area contributed by atoms with Gasteiger partial charge in [0.25, 0.3) is 0 Å². The van der Waals surface area contributed by atoms with E-state index in [2.05, 4.69) is 25.8 Å². The van der Waals surface area contributed by atoms with E-state index in [-0.39, 0.29) is 11.5 Å². The molecule has 4 aliphatic rings. The first-order valence-corrected chi connectivity index (χ1v) is 9.43. The van der Waals surface area contributed by atoms with Crippen LogP contribution in [-0.2, 0) is 4.79 Å². The van der Waals surface area contributed by atoms with E-state index in [0.717, 1.165) is 30.9 Å². The van der Waals surface area contributed by atoms with Gasteiger partial charge in [0.15, 0.2) is 0 Å². The minimum Gasteiger partial charge on any atom is -0.337 e. The van der Waals surface area contributed by atoms with Gasteiger partial charge in [-0.05, 0) is 74.3 Å². The monoisotopic (exact) mass is 326 g/mol. The Kier molecular flexibility index (Phi) is 3.40. The molecule has 4 bridgehead atoms. The molecule has 0 aliphatic heterocycles. The molecule has 4 saturated carbocycles. The molecule has 130 valence electrons. The average Bonchev–Trinajstić information content (AvgIpc) is 2.50. The van der Waals surface area contributed by atoms with Crippen LogP contribution in [0.2, 0.25) is 0 Å². The number of hydrogen-bond donors (Lipinski definition) is 0. The van der Waals surface area contributed by atoms with Crippen molar-refractivity contribution in [3.8, 4) is 0 Å². The highest BCUT2D eigenvalue weighted by Crippen LogP contribution is 2.69. The van der Waals surface area contributed by atoms with Crippen molar-refractivity contribution < 1.29 is 4.79 Å². The van der Waals surface area contributed by atoms with Crippen molar-refractivity contribution in [2.24, 2.45) is 22.2 Å². The molecule has 0 spiro atoms. The largest absolute Gasteiger partial charge is 0.337 e. The predicted octanol–water partition coefficient (Wildman–Crippen LogP) is 4.60. The molecule has 0 saturated heterocycles. The Morgan fingerprint density at radius 2 is 1.83 bits per heavy atom. The molecule has 1 aromatic rings. The van der Waals surface area contributed by atoms with Crippen LogP contribution >= 0.6 is 0 Å². The van der Waals surface area contributed by atoms with Gasteiger partial charge >= 0.3 is 0 Å². The van der Waals surface area contributed by atoms with Crippen LogP contribution in [0.4, 0.5) is 0 Å². The summed E-state index contributed by atoms with van der Waals surface area (Å²) >= 11 is 0. The summed E-state index contributed by atoms with van der Waals surface area (Å²) in [7, 11) is 1.98. The molecule has 1 amide bonds. The van der Waals surface area contributed by atoms with Crippen molar-refractivity contribution in [3.63, 3.8) is 0 Å². The van der Waals surface area contributed by atoms with Crippen molar-refractivity contribution in [1.82, 2.24) is 9.88 Å². The molecule has 1 heterocycles. The van der Waals surface area contributed by atoms with Gasteiger partial charge in [-0.25, -0.2) is 0 Å². The molecule has 0 N–H and O–H groups in total. The maximum atomic E-state index is 13.6. The van der Waals surface area contributed by atoms with Crippen molar-refractivity contribution in [1.29, 1.82) is 0 Å². The van der Waals surface area contributed by atoms with Gasteiger partial charge in [-0.15, -0.1) is 0 Å². The second-order valence-corrected chi connectivity index (χ2v) is 9.76. The number of amides is 1. The highest BCUT2D eigenvalue weighted by molar-refractivity contribution is 5.83. The third-order valence-electron chi connectivity index (χ3n) is 7.10.